The number of non-ortho nitro benzene ring substituents is 1. The van der Waals surface area contributed by atoms with Crippen molar-refractivity contribution in [2.45, 2.75) is 25.3 Å². The first-order chi connectivity index (χ1) is 9.15. The molecule has 6 heteroatoms. The Morgan fingerprint density at radius 3 is 2.89 bits per heavy atom. The molecule has 1 saturated carbocycles. The molecule has 0 aromatic heterocycles. The molecule has 1 aromatic carbocycles. The van der Waals surface area contributed by atoms with Crippen LogP contribution in [0.4, 0.5) is 11.4 Å². The zero-order valence-corrected chi connectivity index (χ0v) is 10.5. The monoisotopic (exact) mass is 261 g/mol. The van der Waals surface area contributed by atoms with Crippen LogP contribution in [0.2, 0.25) is 0 Å². The molecule has 1 heterocycles. The van der Waals surface area contributed by atoms with Crippen molar-refractivity contribution in [1.82, 2.24) is 5.32 Å². The number of carbonyl (C=O) groups excluding carboxylic acids is 1. The van der Waals surface area contributed by atoms with Gasteiger partial charge in [-0.3, -0.25) is 14.9 Å². The third-order valence-corrected chi connectivity index (χ3v) is 3.55. The van der Waals surface area contributed by atoms with E-state index in [0.29, 0.717) is 12.6 Å². The van der Waals surface area contributed by atoms with Gasteiger partial charge in [-0.25, -0.2) is 0 Å². The van der Waals surface area contributed by atoms with Crippen LogP contribution in [0.3, 0.4) is 0 Å². The Labute approximate surface area is 110 Å². The van der Waals surface area contributed by atoms with E-state index in [1.165, 1.54) is 25.0 Å². The Hall–Kier alpha value is -1.95. The lowest BCUT2D eigenvalue weighted by atomic mass is 10.1. The van der Waals surface area contributed by atoms with Crippen molar-refractivity contribution in [2.75, 3.05) is 18.0 Å². The molecule has 0 bridgehead atoms. The van der Waals surface area contributed by atoms with Crippen LogP contribution in [0.25, 0.3) is 0 Å². The highest BCUT2D eigenvalue weighted by Crippen LogP contribution is 2.31. The summed E-state index contributed by atoms with van der Waals surface area (Å²) in [5.74, 6) is 0.0214. The summed E-state index contributed by atoms with van der Waals surface area (Å²) in [4.78, 5) is 23.9. The van der Waals surface area contributed by atoms with Gasteiger partial charge in [-0.2, -0.15) is 0 Å². The van der Waals surface area contributed by atoms with Gasteiger partial charge in [0.2, 0.25) is 5.91 Å². The van der Waals surface area contributed by atoms with E-state index in [4.69, 9.17) is 0 Å². The summed E-state index contributed by atoms with van der Waals surface area (Å²) in [5, 5.41) is 14.1. The molecule has 0 unspecified atom stereocenters. The average molecular weight is 261 g/mol. The molecule has 0 spiro atoms. The number of anilines is 1. The van der Waals surface area contributed by atoms with Crippen molar-refractivity contribution >= 4 is 17.3 Å². The quantitative estimate of drug-likeness (QED) is 0.639. The maximum absolute atomic E-state index is 11.9. The first-order valence-electron chi connectivity index (χ1n) is 6.46. The Morgan fingerprint density at radius 1 is 1.42 bits per heavy atom. The molecule has 1 N–H and O–H groups in total. The van der Waals surface area contributed by atoms with Crippen LogP contribution in [0.5, 0.6) is 0 Å². The summed E-state index contributed by atoms with van der Waals surface area (Å²) >= 11 is 0. The molecule has 1 aliphatic carbocycles. The van der Waals surface area contributed by atoms with Crippen LogP contribution >= 0.6 is 0 Å². The lowest BCUT2D eigenvalue weighted by molar-refractivity contribution is -0.384. The topological polar surface area (TPSA) is 75.5 Å². The predicted octanol–water partition coefficient (Wildman–Crippen LogP) is 1.24. The van der Waals surface area contributed by atoms with Crippen LogP contribution in [-0.2, 0) is 11.2 Å². The van der Waals surface area contributed by atoms with Gasteiger partial charge in [0.25, 0.3) is 5.69 Å². The van der Waals surface area contributed by atoms with Gasteiger partial charge in [0.05, 0.1) is 11.3 Å². The summed E-state index contributed by atoms with van der Waals surface area (Å²) in [6.45, 7) is 1.40. The highest BCUT2D eigenvalue weighted by atomic mass is 16.6. The van der Waals surface area contributed by atoms with Gasteiger partial charge >= 0.3 is 0 Å². The smallest absolute Gasteiger partial charge is 0.269 e. The van der Waals surface area contributed by atoms with Crippen LogP contribution in [0, 0.1) is 10.1 Å². The lowest BCUT2D eigenvalue weighted by Gasteiger charge is -2.17. The molecule has 1 amide bonds. The fourth-order valence-corrected chi connectivity index (χ4v) is 2.40. The number of carbonyl (C=O) groups is 1. The molecule has 2 aliphatic rings. The number of rotatable bonds is 5. The molecule has 0 saturated heterocycles. The zero-order valence-electron chi connectivity index (χ0n) is 10.5. The lowest BCUT2D eigenvalue weighted by Crippen LogP contribution is -2.35. The molecular formula is C13H15N3O3. The highest BCUT2D eigenvalue weighted by molar-refractivity contribution is 6.01. The normalized spacial score (nSPS) is 17.7. The van der Waals surface area contributed by atoms with Gasteiger partial charge in [0, 0.05) is 37.0 Å². The van der Waals surface area contributed by atoms with Crippen molar-refractivity contribution < 1.29 is 9.72 Å². The van der Waals surface area contributed by atoms with Gasteiger partial charge in [0.1, 0.15) is 0 Å². The first-order valence-corrected chi connectivity index (χ1v) is 6.46. The number of nitrogens with one attached hydrogen (secondary N) is 1. The van der Waals surface area contributed by atoms with E-state index in [1.54, 1.807) is 11.0 Å². The highest BCUT2D eigenvalue weighted by Gasteiger charge is 2.29. The summed E-state index contributed by atoms with van der Waals surface area (Å²) in [6.07, 6.45) is 2.70. The third kappa shape index (κ3) is 2.44. The maximum atomic E-state index is 11.9. The number of hydrogen-bond acceptors (Lipinski definition) is 4. The van der Waals surface area contributed by atoms with Gasteiger partial charge in [-0.05, 0) is 24.5 Å². The molecule has 0 radical (unpaired) electrons. The third-order valence-electron chi connectivity index (χ3n) is 3.55. The van der Waals surface area contributed by atoms with E-state index in [-0.39, 0.29) is 18.0 Å². The van der Waals surface area contributed by atoms with E-state index in [0.717, 1.165) is 17.8 Å². The predicted molar refractivity (Wildman–Crippen MR) is 70.2 cm³/mol. The number of hydrogen-bond donors (Lipinski definition) is 1. The second-order valence-corrected chi connectivity index (χ2v) is 5.02. The van der Waals surface area contributed by atoms with Crippen LogP contribution in [0.1, 0.15) is 18.4 Å². The maximum Gasteiger partial charge on any atom is 0.269 e. The molecule has 6 nitrogen and oxygen atoms in total. The SMILES string of the molecule is O=C1Cc2cc([N+](=O)[O-])ccc2N1CCNC1CC1. The minimum Gasteiger partial charge on any atom is -0.312 e. The van der Waals surface area contributed by atoms with Crippen molar-refractivity contribution in [3.05, 3.63) is 33.9 Å². The van der Waals surface area contributed by atoms with Gasteiger partial charge in [-0.1, -0.05) is 0 Å². The molecular weight excluding hydrogens is 246 g/mol. The summed E-state index contributed by atoms with van der Waals surface area (Å²) in [7, 11) is 0. The Kier molecular flexibility index (Phi) is 2.94. The van der Waals surface area contributed by atoms with Crippen molar-refractivity contribution in [1.29, 1.82) is 0 Å². The van der Waals surface area contributed by atoms with E-state index in [2.05, 4.69) is 5.32 Å². The summed E-state index contributed by atoms with van der Waals surface area (Å²) < 4.78 is 0. The number of nitrogens with zero attached hydrogens (tertiary/aromatic N) is 2. The average Bonchev–Trinajstić information content (AvgIpc) is 3.13. The van der Waals surface area contributed by atoms with Crippen molar-refractivity contribution in [2.24, 2.45) is 0 Å². The van der Waals surface area contributed by atoms with Crippen molar-refractivity contribution in [3.8, 4) is 0 Å². The Balaban J connectivity index is 1.73. The Morgan fingerprint density at radius 2 is 2.21 bits per heavy atom. The minimum absolute atomic E-state index is 0.0214. The van der Waals surface area contributed by atoms with Gasteiger partial charge < -0.3 is 10.2 Å². The number of fused-ring (bicyclic) bond motifs is 1. The van der Waals surface area contributed by atoms with Crippen LogP contribution in [-0.4, -0.2) is 30.0 Å². The molecule has 1 aliphatic heterocycles. The molecule has 0 atom stereocenters. The fourth-order valence-electron chi connectivity index (χ4n) is 2.40. The van der Waals surface area contributed by atoms with E-state index in [9.17, 15) is 14.9 Å². The van der Waals surface area contributed by atoms with Crippen molar-refractivity contribution in [3.63, 3.8) is 0 Å². The Bertz CT molecular complexity index is 540. The number of benzene rings is 1. The van der Waals surface area contributed by atoms with Gasteiger partial charge in [0.15, 0.2) is 0 Å². The standard InChI is InChI=1S/C13H15N3O3/c17-13-8-9-7-11(16(18)19)3-4-12(9)15(13)6-5-14-10-1-2-10/h3-4,7,10,14H,1-2,5-6,8H2. The molecule has 3 rings (SSSR count). The molecule has 1 aromatic rings. The molecule has 100 valence electrons. The minimum atomic E-state index is -0.429. The number of amides is 1. The zero-order chi connectivity index (χ0) is 13.4. The van der Waals surface area contributed by atoms with Gasteiger partial charge in [-0.15, -0.1) is 0 Å². The van der Waals surface area contributed by atoms with E-state index >= 15 is 0 Å². The second kappa shape index (κ2) is 4.62. The number of nitro groups is 1. The molecule has 19 heavy (non-hydrogen) atoms. The molecule has 1 fully saturated rings. The second-order valence-electron chi connectivity index (χ2n) is 5.02. The first kappa shape index (κ1) is 12.1. The summed E-state index contributed by atoms with van der Waals surface area (Å²) in [6, 6.07) is 5.25. The fraction of sp³-hybridized carbons (Fsp3) is 0.462. The largest absolute Gasteiger partial charge is 0.312 e. The van der Waals surface area contributed by atoms with Crippen LogP contribution < -0.4 is 10.2 Å². The van der Waals surface area contributed by atoms with E-state index in [1.807, 2.05) is 0 Å². The van der Waals surface area contributed by atoms with E-state index < -0.39 is 4.92 Å². The van der Waals surface area contributed by atoms with Crippen LogP contribution in [0.15, 0.2) is 18.2 Å². The summed E-state index contributed by atoms with van der Waals surface area (Å²) in [5.41, 5.74) is 1.61. The number of nitro benzene ring substituents is 1.